The van der Waals surface area contributed by atoms with E-state index in [4.69, 9.17) is 4.74 Å². The molecule has 0 saturated heterocycles. The van der Waals surface area contributed by atoms with E-state index in [9.17, 15) is 9.18 Å². The highest BCUT2D eigenvalue weighted by atomic mass is 32.2. The van der Waals surface area contributed by atoms with Gasteiger partial charge in [0.2, 0.25) is 0 Å². The van der Waals surface area contributed by atoms with Crippen LogP contribution in [0.1, 0.15) is 17.7 Å². The lowest BCUT2D eigenvalue weighted by Gasteiger charge is -2.15. The van der Waals surface area contributed by atoms with Crippen LogP contribution in [-0.2, 0) is 16.6 Å². The highest BCUT2D eigenvalue weighted by Gasteiger charge is 2.26. The average Bonchev–Trinajstić information content (AvgIpc) is 3.01. The minimum atomic E-state index is -0.576. The van der Waals surface area contributed by atoms with Crippen molar-refractivity contribution in [2.24, 2.45) is 7.05 Å². The number of ether oxygens (including phenoxy) is 1. The molecule has 134 valence electrons. The summed E-state index contributed by atoms with van der Waals surface area (Å²) in [5.74, 6) is -0.315. The zero-order valence-electron chi connectivity index (χ0n) is 14.4. The normalized spacial score (nSPS) is 12.0. The van der Waals surface area contributed by atoms with Crippen LogP contribution in [0.15, 0.2) is 59.8 Å². The maximum absolute atomic E-state index is 14.1. The third-order valence-corrected chi connectivity index (χ3v) is 5.04. The van der Waals surface area contributed by atoms with Gasteiger partial charge in [-0.3, -0.25) is 4.79 Å². The lowest BCUT2D eigenvalue weighted by Crippen LogP contribution is -2.14. The summed E-state index contributed by atoms with van der Waals surface area (Å²) in [5.41, 5.74) is 1.17. The molecule has 0 aliphatic heterocycles. The van der Waals surface area contributed by atoms with Gasteiger partial charge in [-0.25, -0.2) is 4.39 Å². The Morgan fingerprint density at radius 1 is 1.15 bits per heavy atom. The number of benzene rings is 2. The molecule has 0 spiro atoms. The second-order valence-electron chi connectivity index (χ2n) is 5.51. The van der Waals surface area contributed by atoms with Crippen molar-refractivity contribution in [3.63, 3.8) is 0 Å². The Hall–Kier alpha value is -2.67. The van der Waals surface area contributed by atoms with Gasteiger partial charge >= 0.3 is 5.97 Å². The van der Waals surface area contributed by atoms with E-state index in [1.54, 1.807) is 36.7 Å². The predicted molar refractivity (Wildman–Crippen MR) is 98.1 cm³/mol. The fourth-order valence-corrected chi connectivity index (χ4v) is 3.50. The summed E-state index contributed by atoms with van der Waals surface area (Å²) < 4.78 is 20.9. The van der Waals surface area contributed by atoms with Gasteiger partial charge in [0.1, 0.15) is 11.1 Å². The first-order chi connectivity index (χ1) is 12.6. The second-order valence-corrected chi connectivity index (χ2v) is 6.58. The summed E-state index contributed by atoms with van der Waals surface area (Å²) in [7, 11) is 1.75. The van der Waals surface area contributed by atoms with Crippen molar-refractivity contribution in [2.75, 3.05) is 6.61 Å². The summed E-state index contributed by atoms with van der Waals surface area (Å²) in [5, 5.41) is 8.17. The fraction of sp³-hybridized carbons (Fsp3) is 0.211. The van der Waals surface area contributed by atoms with Crippen LogP contribution in [0, 0.1) is 5.82 Å². The number of hydrogen-bond acceptors (Lipinski definition) is 5. The molecule has 0 saturated carbocycles. The van der Waals surface area contributed by atoms with Crippen molar-refractivity contribution in [1.82, 2.24) is 14.8 Å². The minimum Gasteiger partial charge on any atom is -0.465 e. The topological polar surface area (TPSA) is 57.0 Å². The first-order valence-electron chi connectivity index (χ1n) is 8.14. The number of aromatic nitrogens is 3. The van der Waals surface area contributed by atoms with Gasteiger partial charge in [0, 0.05) is 7.05 Å². The Kier molecular flexibility index (Phi) is 5.68. The number of halogens is 1. The predicted octanol–water partition coefficient (Wildman–Crippen LogP) is 4.02. The Morgan fingerprint density at radius 2 is 1.85 bits per heavy atom. The molecular weight excluding hydrogens is 353 g/mol. The molecule has 2 aromatic carbocycles. The van der Waals surface area contributed by atoms with Crippen molar-refractivity contribution in [2.45, 2.75) is 17.3 Å². The van der Waals surface area contributed by atoms with Gasteiger partial charge in [-0.05, 0) is 24.6 Å². The first-order valence-corrected chi connectivity index (χ1v) is 9.02. The van der Waals surface area contributed by atoms with E-state index >= 15 is 0 Å². The number of thioether (sulfide) groups is 1. The molecule has 0 aliphatic carbocycles. The van der Waals surface area contributed by atoms with Gasteiger partial charge in [0.05, 0.1) is 12.2 Å². The lowest BCUT2D eigenvalue weighted by molar-refractivity contribution is -0.142. The molecule has 0 amide bonds. The summed E-state index contributed by atoms with van der Waals surface area (Å²) in [6.45, 7) is 2.06. The number of hydrogen-bond donors (Lipinski definition) is 0. The van der Waals surface area contributed by atoms with Crippen molar-refractivity contribution < 1.29 is 13.9 Å². The molecule has 1 heterocycles. The van der Waals surface area contributed by atoms with E-state index < -0.39 is 5.25 Å². The zero-order chi connectivity index (χ0) is 18.5. The van der Waals surface area contributed by atoms with Crippen LogP contribution in [0.3, 0.4) is 0 Å². The highest BCUT2D eigenvalue weighted by Crippen LogP contribution is 2.36. The van der Waals surface area contributed by atoms with Crippen LogP contribution < -0.4 is 0 Å². The van der Waals surface area contributed by atoms with Crippen LogP contribution in [0.25, 0.3) is 11.4 Å². The third-order valence-electron chi connectivity index (χ3n) is 3.78. The maximum atomic E-state index is 14.1. The average molecular weight is 371 g/mol. The SMILES string of the molecule is CCOC(=O)[C@H](Sc1nnc(-c2ccccc2F)n1C)c1ccccc1. The molecule has 3 aromatic rings. The van der Waals surface area contributed by atoms with E-state index in [1.165, 1.54) is 17.8 Å². The molecule has 0 unspecified atom stereocenters. The largest absolute Gasteiger partial charge is 0.465 e. The number of nitrogens with zero attached hydrogens (tertiary/aromatic N) is 3. The first kappa shape index (κ1) is 18.1. The molecule has 3 rings (SSSR count). The molecule has 1 aromatic heterocycles. The van der Waals surface area contributed by atoms with Gasteiger partial charge in [-0.2, -0.15) is 0 Å². The Balaban J connectivity index is 1.93. The zero-order valence-corrected chi connectivity index (χ0v) is 15.2. The van der Waals surface area contributed by atoms with Crippen molar-refractivity contribution in [3.8, 4) is 11.4 Å². The smallest absolute Gasteiger partial charge is 0.324 e. The molecular formula is C19H18FN3O2S. The van der Waals surface area contributed by atoms with Crippen LogP contribution in [0.2, 0.25) is 0 Å². The van der Waals surface area contributed by atoms with E-state index in [2.05, 4.69) is 10.2 Å². The number of carbonyl (C=O) groups excluding carboxylic acids is 1. The Labute approximate surface area is 155 Å². The standard InChI is InChI=1S/C19H18FN3O2S/c1-3-25-18(24)16(13-9-5-4-6-10-13)26-19-22-21-17(23(19)2)14-11-7-8-12-15(14)20/h4-12,16H,3H2,1-2H3/t16-/m1/s1. The molecule has 1 atom stereocenters. The van der Waals surface area contributed by atoms with Gasteiger partial charge in [-0.15, -0.1) is 10.2 Å². The van der Waals surface area contributed by atoms with Crippen LogP contribution in [0.4, 0.5) is 4.39 Å². The lowest BCUT2D eigenvalue weighted by atomic mass is 10.1. The van der Waals surface area contributed by atoms with Gasteiger partial charge in [-0.1, -0.05) is 54.2 Å². The van der Waals surface area contributed by atoms with E-state index in [1.807, 2.05) is 30.3 Å². The third kappa shape index (κ3) is 3.77. The minimum absolute atomic E-state index is 0.294. The summed E-state index contributed by atoms with van der Waals surface area (Å²) in [4.78, 5) is 12.4. The van der Waals surface area contributed by atoms with Crippen LogP contribution >= 0.6 is 11.8 Å². The molecule has 0 aliphatic rings. The number of carbonyl (C=O) groups is 1. The molecule has 0 bridgehead atoms. The molecule has 0 N–H and O–H groups in total. The van der Waals surface area contributed by atoms with Crippen LogP contribution in [-0.4, -0.2) is 27.3 Å². The highest BCUT2D eigenvalue weighted by molar-refractivity contribution is 8.00. The van der Waals surface area contributed by atoms with Crippen LogP contribution in [0.5, 0.6) is 0 Å². The number of rotatable bonds is 6. The quantitative estimate of drug-likeness (QED) is 0.484. The summed E-state index contributed by atoms with van der Waals surface area (Å²) >= 11 is 1.23. The van der Waals surface area contributed by atoms with E-state index in [0.717, 1.165) is 5.56 Å². The van der Waals surface area contributed by atoms with Gasteiger partial charge in [0.15, 0.2) is 11.0 Å². The van der Waals surface area contributed by atoms with E-state index in [0.29, 0.717) is 23.2 Å². The Morgan fingerprint density at radius 3 is 2.54 bits per heavy atom. The maximum Gasteiger partial charge on any atom is 0.324 e. The van der Waals surface area contributed by atoms with Crippen molar-refractivity contribution >= 4 is 17.7 Å². The molecule has 0 radical (unpaired) electrons. The Bertz CT molecular complexity index is 899. The summed E-state index contributed by atoms with van der Waals surface area (Å²) in [6.07, 6.45) is 0. The molecule has 7 heteroatoms. The molecule has 26 heavy (non-hydrogen) atoms. The monoisotopic (exact) mass is 371 g/mol. The van der Waals surface area contributed by atoms with Gasteiger partial charge < -0.3 is 9.30 Å². The molecule has 0 fully saturated rings. The fourth-order valence-electron chi connectivity index (χ4n) is 2.50. The van der Waals surface area contributed by atoms with Crippen molar-refractivity contribution in [3.05, 3.63) is 66.0 Å². The summed E-state index contributed by atoms with van der Waals surface area (Å²) in [6, 6.07) is 15.7. The van der Waals surface area contributed by atoms with Crippen molar-refractivity contribution in [1.29, 1.82) is 0 Å². The second kappa shape index (κ2) is 8.14. The van der Waals surface area contributed by atoms with Gasteiger partial charge in [0.25, 0.3) is 0 Å². The number of esters is 1. The van der Waals surface area contributed by atoms with E-state index in [-0.39, 0.29) is 11.8 Å². The molecule has 5 nitrogen and oxygen atoms in total.